The monoisotopic (exact) mass is 325 g/mol. The fourth-order valence-electron chi connectivity index (χ4n) is 2.70. The lowest BCUT2D eigenvalue weighted by atomic mass is 9.95. The van der Waals surface area contributed by atoms with Crippen LogP contribution >= 0.6 is 0 Å². The normalized spacial score (nSPS) is 22.6. The molecule has 0 saturated heterocycles. The molecule has 6 heteroatoms. The summed E-state index contributed by atoms with van der Waals surface area (Å²) in [7, 11) is -3.07. The first kappa shape index (κ1) is 16.7. The number of carbonyl (C=O) groups excluding carboxylic acids is 1. The van der Waals surface area contributed by atoms with Crippen molar-refractivity contribution in [2.75, 3.05) is 6.26 Å². The van der Waals surface area contributed by atoms with Crippen molar-refractivity contribution in [1.29, 1.82) is 0 Å². The van der Waals surface area contributed by atoms with Gasteiger partial charge in [-0.2, -0.15) is 0 Å². The molecule has 120 valence electrons. The summed E-state index contributed by atoms with van der Waals surface area (Å²) in [4.78, 5) is 11.9. The van der Waals surface area contributed by atoms with E-state index < -0.39 is 9.84 Å². The second kappa shape index (κ2) is 7.05. The van der Waals surface area contributed by atoms with Gasteiger partial charge in [0.1, 0.15) is 15.7 Å². The average Bonchev–Trinajstić information content (AvgIpc) is 2.45. The molecule has 0 aliphatic heterocycles. The van der Waals surface area contributed by atoms with E-state index in [1.165, 1.54) is 30.5 Å². The van der Waals surface area contributed by atoms with Crippen LogP contribution in [-0.2, 0) is 14.6 Å². The number of amides is 1. The van der Waals surface area contributed by atoms with E-state index in [2.05, 4.69) is 5.32 Å². The van der Waals surface area contributed by atoms with Crippen molar-refractivity contribution in [2.24, 2.45) is 0 Å². The van der Waals surface area contributed by atoms with Crippen LogP contribution in [0.2, 0.25) is 0 Å². The summed E-state index contributed by atoms with van der Waals surface area (Å²) in [6, 6.07) is 5.82. The van der Waals surface area contributed by atoms with Crippen molar-refractivity contribution < 1.29 is 17.6 Å². The van der Waals surface area contributed by atoms with E-state index in [-0.39, 0.29) is 23.0 Å². The summed E-state index contributed by atoms with van der Waals surface area (Å²) in [5, 5.41) is 2.45. The van der Waals surface area contributed by atoms with Crippen molar-refractivity contribution in [1.82, 2.24) is 5.32 Å². The van der Waals surface area contributed by atoms with Gasteiger partial charge in [-0.3, -0.25) is 4.79 Å². The summed E-state index contributed by atoms with van der Waals surface area (Å²) in [6.07, 6.45) is 6.81. The van der Waals surface area contributed by atoms with Crippen LogP contribution in [0.3, 0.4) is 0 Å². The molecule has 1 fully saturated rings. The number of halogens is 1. The maximum absolute atomic E-state index is 13.0. The molecule has 1 amide bonds. The van der Waals surface area contributed by atoms with Crippen LogP contribution in [-0.4, -0.2) is 31.9 Å². The van der Waals surface area contributed by atoms with E-state index in [4.69, 9.17) is 0 Å². The van der Waals surface area contributed by atoms with E-state index in [0.29, 0.717) is 18.4 Å². The summed E-state index contributed by atoms with van der Waals surface area (Å²) < 4.78 is 36.2. The van der Waals surface area contributed by atoms with Gasteiger partial charge in [0.15, 0.2) is 0 Å². The lowest BCUT2D eigenvalue weighted by Gasteiger charge is -2.28. The van der Waals surface area contributed by atoms with Gasteiger partial charge < -0.3 is 5.32 Å². The van der Waals surface area contributed by atoms with E-state index >= 15 is 0 Å². The standard InChI is InChI=1S/C16H20FNO3S/c1-22(20,21)15-7-3-6-14(11-15)18-16(19)9-8-12-4-2-5-13(17)10-12/h2,4-5,8-10,14-15H,3,6-7,11H2,1H3,(H,18,19)/b9-8-/t14-,15-/m1/s1. The molecular formula is C16H20FNO3S. The lowest BCUT2D eigenvalue weighted by molar-refractivity contribution is -0.117. The predicted molar refractivity (Wildman–Crippen MR) is 84.5 cm³/mol. The smallest absolute Gasteiger partial charge is 0.244 e. The summed E-state index contributed by atoms with van der Waals surface area (Å²) >= 11 is 0. The molecule has 0 unspecified atom stereocenters. The van der Waals surface area contributed by atoms with Crippen molar-refractivity contribution >= 4 is 21.8 Å². The van der Waals surface area contributed by atoms with Gasteiger partial charge in [-0.05, 0) is 43.0 Å². The third-order valence-electron chi connectivity index (χ3n) is 3.85. The van der Waals surface area contributed by atoms with Gasteiger partial charge in [-0.15, -0.1) is 0 Å². The maximum Gasteiger partial charge on any atom is 0.244 e. The minimum atomic E-state index is -3.07. The molecule has 0 bridgehead atoms. The molecule has 2 rings (SSSR count). The van der Waals surface area contributed by atoms with Crippen molar-refractivity contribution in [3.05, 3.63) is 41.7 Å². The highest BCUT2D eigenvalue weighted by Gasteiger charge is 2.29. The van der Waals surface area contributed by atoms with Gasteiger partial charge in [0.25, 0.3) is 0 Å². The molecule has 0 heterocycles. The molecule has 1 aromatic carbocycles. The molecule has 0 radical (unpaired) electrons. The molecule has 4 nitrogen and oxygen atoms in total. The summed E-state index contributed by atoms with van der Waals surface area (Å²) in [5.41, 5.74) is 0.604. The third kappa shape index (κ3) is 4.94. The average molecular weight is 325 g/mol. The first-order valence-corrected chi connectivity index (χ1v) is 9.23. The van der Waals surface area contributed by atoms with E-state index in [1.54, 1.807) is 12.1 Å². The molecule has 0 aromatic heterocycles. The quantitative estimate of drug-likeness (QED) is 0.864. The van der Waals surface area contributed by atoms with Crippen LogP contribution < -0.4 is 5.32 Å². The zero-order valence-corrected chi connectivity index (χ0v) is 13.3. The van der Waals surface area contributed by atoms with Crippen LogP contribution in [0.25, 0.3) is 6.08 Å². The Hall–Kier alpha value is -1.69. The van der Waals surface area contributed by atoms with Gasteiger partial charge in [0, 0.05) is 18.4 Å². The van der Waals surface area contributed by atoms with Crippen LogP contribution in [0, 0.1) is 5.82 Å². The highest BCUT2D eigenvalue weighted by atomic mass is 32.2. The minimum absolute atomic E-state index is 0.127. The number of benzene rings is 1. The Kier molecular flexibility index (Phi) is 5.34. The van der Waals surface area contributed by atoms with Gasteiger partial charge in [0.2, 0.25) is 5.91 Å². The molecule has 1 saturated carbocycles. The Bertz CT molecular complexity index is 670. The zero-order chi connectivity index (χ0) is 16.2. The number of hydrogen-bond donors (Lipinski definition) is 1. The fourth-order valence-corrected chi connectivity index (χ4v) is 3.87. The van der Waals surface area contributed by atoms with Crippen LogP contribution in [0.5, 0.6) is 0 Å². The Morgan fingerprint density at radius 2 is 2.14 bits per heavy atom. The Morgan fingerprint density at radius 3 is 2.82 bits per heavy atom. The topological polar surface area (TPSA) is 63.2 Å². The van der Waals surface area contributed by atoms with E-state index in [0.717, 1.165) is 12.8 Å². The van der Waals surface area contributed by atoms with Gasteiger partial charge in [0.05, 0.1) is 5.25 Å². The Morgan fingerprint density at radius 1 is 1.36 bits per heavy atom. The molecule has 1 N–H and O–H groups in total. The largest absolute Gasteiger partial charge is 0.350 e. The number of nitrogens with one attached hydrogen (secondary N) is 1. The highest BCUT2D eigenvalue weighted by Crippen LogP contribution is 2.23. The second-order valence-corrected chi connectivity index (χ2v) is 8.04. The summed E-state index contributed by atoms with van der Waals surface area (Å²) in [5.74, 6) is -0.644. The first-order chi connectivity index (χ1) is 10.3. The van der Waals surface area contributed by atoms with Gasteiger partial charge in [-0.1, -0.05) is 18.6 Å². The van der Waals surface area contributed by atoms with Crippen molar-refractivity contribution in [3.8, 4) is 0 Å². The third-order valence-corrected chi connectivity index (χ3v) is 5.49. The number of rotatable bonds is 4. The molecular weight excluding hydrogens is 305 g/mol. The van der Waals surface area contributed by atoms with Crippen molar-refractivity contribution in [2.45, 2.75) is 37.0 Å². The number of hydrogen-bond acceptors (Lipinski definition) is 3. The molecule has 1 aliphatic rings. The number of sulfone groups is 1. The van der Waals surface area contributed by atoms with E-state index in [9.17, 15) is 17.6 Å². The van der Waals surface area contributed by atoms with Crippen LogP contribution in [0.1, 0.15) is 31.2 Å². The Labute approximate surface area is 130 Å². The molecule has 1 aliphatic carbocycles. The molecule has 22 heavy (non-hydrogen) atoms. The number of carbonyl (C=O) groups is 1. The minimum Gasteiger partial charge on any atom is -0.350 e. The molecule has 1 aromatic rings. The fraction of sp³-hybridized carbons (Fsp3) is 0.438. The van der Waals surface area contributed by atoms with Crippen LogP contribution in [0.4, 0.5) is 4.39 Å². The van der Waals surface area contributed by atoms with Gasteiger partial charge >= 0.3 is 0 Å². The second-order valence-electron chi connectivity index (χ2n) is 5.71. The zero-order valence-electron chi connectivity index (χ0n) is 12.5. The molecule has 2 atom stereocenters. The molecule has 0 spiro atoms. The maximum atomic E-state index is 13.0. The highest BCUT2D eigenvalue weighted by molar-refractivity contribution is 7.91. The van der Waals surface area contributed by atoms with Crippen molar-refractivity contribution in [3.63, 3.8) is 0 Å². The summed E-state index contributed by atoms with van der Waals surface area (Å²) in [6.45, 7) is 0. The van der Waals surface area contributed by atoms with E-state index in [1.807, 2.05) is 0 Å². The first-order valence-electron chi connectivity index (χ1n) is 7.27. The predicted octanol–water partition coefficient (Wildman–Crippen LogP) is 2.31. The van der Waals surface area contributed by atoms with Crippen LogP contribution in [0.15, 0.2) is 30.3 Å². The van der Waals surface area contributed by atoms with Gasteiger partial charge in [-0.25, -0.2) is 12.8 Å². The lowest BCUT2D eigenvalue weighted by Crippen LogP contribution is -2.41. The Balaban J connectivity index is 1.92. The SMILES string of the molecule is CS(=O)(=O)[C@@H]1CCC[C@@H](NC(=O)/C=C\c2cccc(F)c2)C1.